The molecule has 1 aromatic heterocycles. The van der Waals surface area contributed by atoms with Crippen LogP contribution in [0.1, 0.15) is 16.9 Å². The zero-order valence-electron chi connectivity index (χ0n) is 16.4. The minimum atomic E-state index is -0.695. The van der Waals surface area contributed by atoms with Gasteiger partial charge in [0.2, 0.25) is 11.8 Å². The van der Waals surface area contributed by atoms with E-state index in [-0.39, 0.29) is 17.9 Å². The highest BCUT2D eigenvalue weighted by atomic mass is 16.5. The second-order valence-electron chi connectivity index (χ2n) is 8.26. The van der Waals surface area contributed by atoms with Crippen molar-refractivity contribution in [3.8, 4) is 0 Å². The normalized spacial score (nSPS) is 29.5. The molecule has 4 heterocycles. The second-order valence-corrected chi connectivity index (χ2v) is 8.26. The van der Waals surface area contributed by atoms with Gasteiger partial charge in [-0.25, -0.2) is 0 Å². The van der Waals surface area contributed by atoms with Gasteiger partial charge in [-0.2, -0.15) is 0 Å². The Balaban J connectivity index is 1.37. The zero-order chi connectivity index (χ0) is 20.2. The molecule has 4 atom stereocenters. The molecule has 7 heteroatoms. The van der Waals surface area contributed by atoms with Crippen LogP contribution >= 0.6 is 0 Å². The molecule has 2 fully saturated rings. The number of fused-ring (bicyclic) bond motifs is 1. The molecule has 0 radical (unpaired) electrons. The molecule has 150 valence electrons. The van der Waals surface area contributed by atoms with Crippen molar-refractivity contribution in [2.24, 2.45) is 11.8 Å². The Morgan fingerprint density at radius 2 is 2.24 bits per heavy atom. The lowest BCUT2D eigenvalue weighted by Crippen LogP contribution is -2.44. The Labute approximate surface area is 168 Å². The number of aromatic nitrogens is 1. The van der Waals surface area contributed by atoms with Gasteiger partial charge in [-0.3, -0.25) is 9.59 Å². The number of amides is 2. The number of aryl methyl sites for hydroxylation is 1. The molecule has 1 aromatic carbocycles. The quantitative estimate of drug-likeness (QED) is 0.726. The molecule has 2 saturated heterocycles. The van der Waals surface area contributed by atoms with Crippen molar-refractivity contribution in [1.29, 1.82) is 0 Å². The van der Waals surface area contributed by atoms with Crippen LogP contribution in [0.15, 0.2) is 53.2 Å². The molecular formula is C22H23N3O4. The van der Waals surface area contributed by atoms with Gasteiger partial charge in [-0.05, 0) is 12.5 Å². The van der Waals surface area contributed by atoms with Gasteiger partial charge >= 0.3 is 0 Å². The van der Waals surface area contributed by atoms with Crippen LogP contribution in [0.25, 0.3) is 0 Å². The molecule has 0 unspecified atom stereocenters. The maximum absolute atomic E-state index is 13.3. The Morgan fingerprint density at radius 1 is 1.38 bits per heavy atom. The van der Waals surface area contributed by atoms with Crippen molar-refractivity contribution in [2.75, 3.05) is 13.6 Å². The first-order chi connectivity index (χ1) is 14.0. The van der Waals surface area contributed by atoms with Crippen LogP contribution in [0, 0.1) is 18.8 Å². The maximum atomic E-state index is 13.3. The van der Waals surface area contributed by atoms with Crippen LogP contribution < -0.4 is 0 Å². The highest BCUT2D eigenvalue weighted by molar-refractivity contribution is 5.93. The minimum Gasteiger partial charge on any atom is -0.360 e. The molecule has 3 aliphatic heterocycles. The van der Waals surface area contributed by atoms with Gasteiger partial charge in [-0.15, -0.1) is 0 Å². The number of rotatable bonds is 5. The van der Waals surface area contributed by atoms with Crippen molar-refractivity contribution in [3.63, 3.8) is 0 Å². The van der Waals surface area contributed by atoms with E-state index >= 15 is 0 Å². The molecule has 29 heavy (non-hydrogen) atoms. The van der Waals surface area contributed by atoms with Gasteiger partial charge < -0.3 is 19.1 Å². The molecule has 7 nitrogen and oxygen atoms in total. The first kappa shape index (κ1) is 18.1. The molecule has 0 N–H and O–H groups in total. The zero-order valence-corrected chi connectivity index (χ0v) is 16.4. The topological polar surface area (TPSA) is 75.9 Å². The van der Waals surface area contributed by atoms with Crippen LogP contribution in [0.2, 0.25) is 0 Å². The van der Waals surface area contributed by atoms with Crippen molar-refractivity contribution >= 4 is 11.8 Å². The number of hydrogen-bond acceptors (Lipinski definition) is 5. The average molecular weight is 393 g/mol. The number of carbonyl (C=O) groups is 2. The van der Waals surface area contributed by atoms with Crippen LogP contribution in [-0.2, 0) is 27.4 Å². The smallest absolute Gasteiger partial charge is 0.230 e. The summed E-state index contributed by atoms with van der Waals surface area (Å²) in [5.41, 5.74) is 1.55. The largest absolute Gasteiger partial charge is 0.360 e. The lowest BCUT2D eigenvalue weighted by atomic mass is 9.76. The number of ether oxygens (including phenoxy) is 1. The summed E-state index contributed by atoms with van der Waals surface area (Å²) in [5.74, 6) is -0.498. The lowest BCUT2D eigenvalue weighted by Gasteiger charge is -2.27. The van der Waals surface area contributed by atoms with Crippen LogP contribution in [0.4, 0.5) is 0 Å². The van der Waals surface area contributed by atoms with E-state index in [9.17, 15) is 9.59 Å². The van der Waals surface area contributed by atoms with E-state index in [1.165, 1.54) is 0 Å². The first-order valence-corrected chi connectivity index (χ1v) is 9.83. The third-order valence-corrected chi connectivity index (χ3v) is 6.18. The van der Waals surface area contributed by atoms with Crippen molar-refractivity contribution < 1.29 is 18.8 Å². The Morgan fingerprint density at radius 3 is 3.00 bits per heavy atom. The van der Waals surface area contributed by atoms with E-state index in [1.54, 1.807) is 24.2 Å². The number of carbonyl (C=O) groups excluding carboxylic acids is 2. The summed E-state index contributed by atoms with van der Waals surface area (Å²) >= 11 is 0. The van der Waals surface area contributed by atoms with E-state index in [0.717, 1.165) is 11.1 Å². The highest BCUT2D eigenvalue weighted by Crippen LogP contribution is 2.52. The summed E-state index contributed by atoms with van der Waals surface area (Å²) in [6, 6.07) is 9.87. The molecule has 0 saturated carbocycles. The monoisotopic (exact) mass is 393 g/mol. The molecule has 2 aromatic rings. The fourth-order valence-electron chi connectivity index (χ4n) is 4.91. The van der Waals surface area contributed by atoms with Crippen LogP contribution in [-0.4, -0.2) is 52.1 Å². The summed E-state index contributed by atoms with van der Waals surface area (Å²) in [5, 5.41) is 3.68. The van der Waals surface area contributed by atoms with E-state index in [2.05, 4.69) is 11.2 Å². The molecule has 3 aliphatic rings. The minimum absolute atomic E-state index is 0.00947. The Hall–Kier alpha value is -2.93. The fraction of sp³-hybridized carbons (Fsp3) is 0.409. The predicted octanol–water partition coefficient (Wildman–Crippen LogP) is 1.92. The third kappa shape index (κ3) is 2.88. The van der Waals surface area contributed by atoms with Crippen molar-refractivity contribution in [3.05, 3.63) is 65.6 Å². The van der Waals surface area contributed by atoms with Crippen LogP contribution in [0.5, 0.6) is 0 Å². The van der Waals surface area contributed by atoms with E-state index < -0.39 is 17.4 Å². The van der Waals surface area contributed by atoms with Crippen LogP contribution in [0.3, 0.4) is 0 Å². The Kier molecular flexibility index (Phi) is 4.10. The highest BCUT2D eigenvalue weighted by Gasteiger charge is 2.67. The standard InChI is InChI=1S/C22H23N3O4/c1-14-4-3-5-15(10-14)11-25-13-22-8-6-17(28-22)18(19(22)21(25)27)20(26)24(2)12-16-7-9-23-29-16/h3-10,17-19H,11-13H2,1-2H3/t17-,18-,19-,22-/m0/s1. The van der Waals surface area contributed by atoms with Gasteiger partial charge in [0, 0.05) is 19.7 Å². The van der Waals surface area contributed by atoms with Gasteiger partial charge in [0.05, 0.1) is 37.2 Å². The lowest BCUT2D eigenvalue weighted by molar-refractivity contribution is -0.143. The summed E-state index contributed by atoms with van der Waals surface area (Å²) in [6.45, 7) is 3.35. The SMILES string of the molecule is Cc1cccc(CN2C[C@]34C=C[C@H](O3)[C@H](C(=O)N(C)Cc3ccno3)[C@H]4C2=O)c1. The maximum Gasteiger partial charge on any atom is 0.230 e. The van der Waals surface area contributed by atoms with E-state index in [0.29, 0.717) is 25.4 Å². The third-order valence-electron chi connectivity index (χ3n) is 6.18. The summed E-state index contributed by atoms with van der Waals surface area (Å²) in [6.07, 6.45) is 5.12. The second kappa shape index (κ2) is 6.56. The van der Waals surface area contributed by atoms with E-state index in [1.807, 2.05) is 42.2 Å². The van der Waals surface area contributed by atoms with Gasteiger partial charge in [0.1, 0.15) is 5.60 Å². The molecule has 5 rings (SSSR count). The average Bonchev–Trinajstić information content (AvgIpc) is 3.45. The van der Waals surface area contributed by atoms with Crippen molar-refractivity contribution in [2.45, 2.75) is 31.7 Å². The summed E-state index contributed by atoms with van der Waals surface area (Å²) in [7, 11) is 1.72. The van der Waals surface area contributed by atoms with E-state index in [4.69, 9.17) is 9.26 Å². The molecule has 0 aliphatic carbocycles. The first-order valence-electron chi connectivity index (χ1n) is 9.83. The fourth-order valence-corrected chi connectivity index (χ4v) is 4.91. The number of nitrogens with zero attached hydrogens (tertiary/aromatic N) is 3. The van der Waals surface area contributed by atoms with Crippen molar-refractivity contribution in [1.82, 2.24) is 15.0 Å². The van der Waals surface area contributed by atoms with Gasteiger partial charge in [-0.1, -0.05) is 47.1 Å². The predicted molar refractivity (Wildman–Crippen MR) is 103 cm³/mol. The van der Waals surface area contributed by atoms with Gasteiger partial charge in [0.15, 0.2) is 5.76 Å². The Bertz CT molecular complexity index is 986. The summed E-state index contributed by atoms with van der Waals surface area (Å²) in [4.78, 5) is 30.0. The number of benzene rings is 1. The summed E-state index contributed by atoms with van der Waals surface area (Å²) < 4.78 is 11.3. The van der Waals surface area contributed by atoms with Gasteiger partial charge in [0.25, 0.3) is 0 Å². The number of likely N-dealkylation sites (tertiary alicyclic amines) is 1. The number of hydrogen-bond donors (Lipinski definition) is 0. The molecule has 1 spiro atoms. The molecule has 2 bridgehead atoms. The molecular weight excluding hydrogens is 370 g/mol. The molecule has 2 amide bonds.